The summed E-state index contributed by atoms with van der Waals surface area (Å²) in [6.45, 7) is 3.38. The van der Waals surface area contributed by atoms with Crippen molar-refractivity contribution < 1.29 is 54.5 Å². The molecule has 4 rings (SSSR count). The number of carbonyl (C=O) groups is 1. The Kier molecular flexibility index (Phi) is 11.3. The van der Waals surface area contributed by atoms with Gasteiger partial charge in [0.05, 0.1) is 35.1 Å². The molecule has 1 saturated carbocycles. The third-order valence-electron chi connectivity index (χ3n) is 8.82. The van der Waals surface area contributed by atoms with Gasteiger partial charge < -0.3 is 20.0 Å². The van der Waals surface area contributed by atoms with E-state index in [1.165, 1.54) is 17.9 Å². The smallest absolute Gasteiger partial charge is 0.416 e. The van der Waals surface area contributed by atoms with Gasteiger partial charge >= 0.3 is 24.5 Å². The first-order valence-electron chi connectivity index (χ1n) is 15.5. The minimum absolute atomic E-state index is 0.0171. The number of hydrogen-bond acceptors (Lipinski definition) is 6. The Balaban J connectivity index is 1.78. The molecule has 1 aliphatic carbocycles. The van der Waals surface area contributed by atoms with Crippen LogP contribution in [0.25, 0.3) is 0 Å². The van der Waals surface area contributed by atoms with Gasteiger partial charge in [-0.1, -0.05) is 0 Å². The van der Waals surface area contributed by atoms with Crippen LogP contribution in [0.5, 0.6) is 5.75 Å². The third kappa shape index (κ3) is 9.69. The number of nitrogens with zero attached hydrogens (tertiary/aromatic N) is 4. The molecule has 0 amide bonds. The number of aliphatic carboxylic acids is 1. The highest BCUT2D eigenvalue weighted by Crippen LogP contribution is 2.41. The lowest BCUT2D eigenvalue weighted by molar-refractivity contribution is -0.143. The van der Waals surface area contributed by atoms with Crippen molar-refractivity contribution >= 4 is 17.6 Å². The molecule has 0 bridgehead atoms. The normalized spacial score (nSPS) is 17.9. The van der Waals surface area contributed by atoms with Crippen LogP contribution in [-0.4, -0.2) is 39.2 Å². The molecule has 0 radical (unpaired) electrons. The lowest BCUT2D eigenvalue weighted by Gasteiger charge is -2.36. The van der Waals surface area contributed by atoms with Crippen LogP contribution in [0.4, 0.5) is 51.1 Å². The van der Waals surface area contributed by atoms with Gasteiger partial charge in [-0.2, -0.15) is 39.5 Å². The van der Waals surface area contributed by atoms with E-state index in [-0.39, 0.29) is 35.8 Å². The van der Waals surface area contributed by atoms with Gasteiger partial charge in [0, 0.05) is 31.7 Å². The lowest BCUT2D eigenvalue weighted by Crippen LogP contribution is -2.34. The number of carboxylic acids is 1. The van der Waals surface area contributed by atoms with E-state index >= 15 is 0 Å². The Morgan fingerprint density at radius 1 is 0.837 bits per heavy atom. The average molecular weight is 707 g/mol. The van der Waals surface area contributed by atoms with Crippen LogP contribution in [0.2, 0.25) is 0 Å². The number of aromatic nitrogens is 2. The van der Waals surface area contributed by atoms with E-state index in [0.717, 1.165) is 24.5 Å². The largest absolute Gasteiger partial charge is 0.505 e. The Hall–Kier alpha value is -4.24. The molecular weight excluding hydrogens is 671 g/mol. The maximum absolute atomic E-state index is 14.0. The zero-order valence-corrected chi connectivity index (χ0v) is 26.5. The maximum Gasteiger partial charge on any atom is 0.416 e. The van der Waals surface area contributed by atoms with Crippen molar-refractivity contribution in [3.63, 3.8) is 0 Å². The second-order valence-electron chi connectivity index (χ2n) is 12.2. The molecule has 0 spiro atoms. The molecule has 1 fully saturated rings. The predicted molar refractivity (Wildman–Crippen MR) is 162 cm³/mol. The monoisotopic (exact) mass is 706 g/mol. The molecule has 1 heterocycles. The summed E-state index contributed by atoms with van der Waals surface area (Å²) in [4.78, 5) is 22.2. The lowest BCUT2D eigenvalue weighted by atomic mass is 9.80. The van der Waals surface area contributed by atoms with E-state index < -0.39 is 65.1 Å². The van der Waals surface area contributed by atoms with Crippen molar-refractivity contribution in [1.82, 2.24) is 9.97 Å². The van der Waals surface area contributed by atoms with Crippen LogP contribution in [0, 0.1) is 11.8 Å². The van der Waals surface area contributed by atoms with E-state index in [4.69, 9.17) is 5.11 Å². The first-order valence-corrected chi connectivity index (χ1v) is 15.5. The molecule has 49 heavy (non-hydrogen) atoms. The van der Waals surface area contributed by atoms with E-state index in [0.29, 0.717) is 56.6 Å². The van der Waals surface area contributed by atoms with Gasteiger partial charge in [-0.25, -0.2) is 9.97 Å². The molecule has 1 atom stereocenters. The number of carboxylic acid groups (broad SMARTS) is 1. The van der Waals surface area contributed by atoms with Crippen LogP contribution in [-0.2, 0) is 29.9 Å². The van der Waals surface area contributed by atoms with Gasteiger partial charge in [0.2, 0.25) is 5.95 Å². The van der Waals surface area contributed by atoms with Crippen LogP contribution >= 0.6 is 0 Å². The van der Waals surface area contributed by atoms with Gasteiger partial charge in [-0.05, 0) is 98.9 Å². The quantitative estimate of drug-likeness (QED) is 0.192. The highest BCUT2D eigenvalue weighted by atomic mass is 19.4. The Labute approximate surface area is 276 Å². The standard InChI is InChI=1S/C33H35F9N4O3/c1-3-45(17-21-6-4-20(5-7-21)10-29(48)49)28-9-8-24(31(34,35)36)13-23(28)18-46(30-43-15-27(47)16-44-30)19(2)22-11-25(32(37,38)39)14-26(12-22)33(40,41)42/h8-9,11-16,19-21,47H,3-7,10,17-18H2,1-2H3,(H,48,49). The second kappa shape index (κ2) is 14.7. The van der Waals surface area contributed by atoms with Gasteiger partial charge in [-0.3, -0.25) is 4.79 Å². The van der Waals surface area contributed by atoms with Crippen LogP contribution in [0.15, 0.2) is 48.8 Å². The topological polar surface area (TPSA) is 89.8 Å². The zero-order chi connectivity index (χ0) is 36.3. The summed E-state index contributed by atoms with van der Waals surface area (Å²) in [6.07, 6.45) is -10.4. The number of aromatic hydroxyl groups is 1. The fourth-order valence-electron chi connectivity index (χ4n) is 6.20. The minimum Gasteiger partial charge on any atom is -0.505 e. The number of hydrogen-bond donors (Lipinski definition) is 2. The summed E-state index contributed by atoms with van der Waals surface area (Å²) >= 11 is 0. The number of halogens is 9. The summed E-state index contributed by atoms with van der Waals surface area (Å²) < 4.78 is 124. The predicted octanol–water partition coefficient (Wildman–Crippen LogP) is 9.11. The van der Waals surface area contributed by atoms with E-state index in [1.807, 2.05) is 4.90 Å². The van der Waals surface area contributed by atoms with Crippen molar-refractivity contribution in [1.29, 1.82) is 0 Å². The third-order valence-corrected chi connectivity index (χ3v) is 8.82. The highest BCUT2D eigenvalue weighted by molar-refractivity contribution is 5.67. The van der Waals surface area contributed by atoms with E-state index in [1.54, 1.807) is 6.92 Å². The molecule has 268 valence electrons. The van der Waals surface area contributed by atoms with Crippen LogP contribution < -0.4 is 9.80 Å². The fraction of sp³-hybridized carbons (Fsp3) is 0.485. The molecule has 1 aliphatic rings. The average Bonchev–Trinajstić information content (AvgIpc) is 3.01. The number of anilines is 2. The van der Waals surface area contributed by atoms with E-state index in [9.17, 15) is 49.4 Å². The number of alkyl halides is 9. The molecule has 1 unspecified atom stereocenters. The second-order valence-corrected chi connectivity index (χ2v) is 12.2. The van der Waals surface area contributed by atoms with Crippen LogP contribution in [0.3, 0.4) is 0 Å². The maximum atomic E-state index is 14.0. The first-order chi connectivity index (χ1) is 22.8. The molecule has 0 saturated heterocycles. The summed E-state index contributed by atoms with van der Waals surface area (Å²) in [6, 6.07) is 2.79. The molecule has 2 aromatic carbocycles. The van der Waals surface area contributed by atoms with Gasteiger partial charge in [0.1, 0.15) is 0 Å². The Morgan fingerprint density at radius 3 is 1.86 bits per heavy atom. The highest BCUT2D eigenvalue weighted by Gasteiger charge is 2.38. The molecule has 0 aliphatic heterocycles. The molecule has 16 heteroatoms. The summed E-state index contributed by atoms with van der Waals surface area (Å²) in [5, 5.41) is 18.9. The summed E-state index contributed by atoms with van der Waals surface area (Å²) in [7, 11) is 0. The fourth-order valence-corrected chi connectivity index (χ4v) is 6.20. The van der Waals surface area contributed by atoms with Crippen molar-refractivity contribution in [3.05, 3.63) is 76.6 Å². The van der Waals surface area contributed by atoms with E-state index in [2.05, 4.69) is 9.97 Å². The molecule has 3 aromatic rings. The first kappa shape index (κ1) is 37.6. The Bertz CT molecular complexity index is 1550. The zero-order valence-electron chi connectivity index (χ0n) is 26.5. The molecular formula is C33H35F9N4O3. The SMILES string of the molecule is CCN(CC1CCC(CC(=O)O)CC1)c1ccc(C(F)(F)F)cc1CN(c1ncc(O)cn1)C(C)c1cc(C(F)(F)F)cc(C(F)(F)F)c1. The van der Waals surface area contributed by atoms with Crippen molar-refractivity contribution in [2.24, 2.45) is 11.8 Å². The van der Waals surface area contributed by atoms with Crippen molar-refractivity contribution in [2.45, 2.75) is 77.1 Å². The number of benzene rings is 2. The van der Waals surface area contributed by atoms with Crippen molar-refractivity contribution in [3.8, 4) is 5.75 Å². The van der Waals surface area contributed by atoms with Gasteiger partial charge in [-0.15, -0.1) is 0 Å². The molecule has 1 aromatic heterocycles. The summed E-state index contributed by atoms with van der Waals surface area (Å²) in [5.74, 6) is -1.42. The van der Waals surface area contributed by atoms with Crippen molar-refractivity contribution in [2.75, 3.05) is 22.9 Å². The van der Waals surface area contributed by atoms with Gasteiger partial charge in [0.25, 0.3) is 0 Å². The number of rotatable bonds is 11. The summed E-state index contributed by atoms with van der Waals surface area (Å²) in [5.41, 5.74) is -4.18. The van der Waals surface area contributed by atoms with Gasteiger partial charge in [0.15, 0.2) is 5.75 Å². The minimum atomic E-state index is -5.14. The molecule has 2 N–H and O–H groups in total. The van der Waals surface area contributed by atoms with Crippen LogP contribution in [0.1, 0.15) is 79.8 Å². The molecule has 7 nitrogen and oxygen atoms in total. The Morgan fingerprint density at radius 2 is 1.37 bits per heavy atom.